The van der Waals surface area contributed by atoms with Crippen molar-refractivity contribution in [3.63, 3.8) is 0 Å². The number of hydrogen-bond donors (Lipinski definition) is 1. The van der Waals surface area contributed by atoms with E-state index in [1.807, 2.05) is 0 Å². The zero-order valence-electron chi connectivity index (χ0n) is 9.21. The van der Waals surface area contributed by atoms with Gasteiger partial charge in [0.1, 0.15) is 23.8 Å². The van der Waals surface area contributed by atoms with Gasteiger partial charge in [0.2, 0.25) is 0 Å². The number of carbonyl (C=O) groups excluding carboxylic acids is 1. The molecule has 0 saturated heterocycles. The molecule has 0 aliphatic carbocycles. The summed E-state index contributed by atoms with van der Waals surface area (Å²) in [4.78, 5) is 11.6. The van der Waals surface area contributed by atoms with Crippen LogP contribution >= 0.6 is 0 Å². The van der Waals surface area contributed by atoms with Gasteiger partial charge in [-0.25, -0.2) is 4.79 Å². The van der Waals surface area contributed by atoms with Crippen molar-refractivity contribution in [2.45, 2.75) is 13.5 Å². The molecule has 1 heterocycles. The summed E-state index contributed by atoms with van der Waals surface area (Å²) in [5.41, 5.74) is 0.848. The highest BCUT2D eigenvalue weighted by atomic mass is 16.5. The molecule has 0 saturated carbocycles. The van der Waals surface area contributed by atoms with Crippen molar-refractivity contribution in [1.29, 1.82) is 0 Å². The second kappa shape index (κ2) is 4.69. The average molecular weight is 233 g/mol. The van der Waals surface area contributed by atoms with E-state index in [2.05, 4.69) is 5.16 Å². The lowest BCUT2D eigenvalue weighted by Gasteiger charge is -2.02. The summed E-state index contributed by atoms with van der Waals surface area (Å²) in [6, 6.07) is 7.66. The second-order valence-corrected chi connectivity index (χ2v) is 3.56. The van der Waals surface area contributed by atoms with Gasteiger partial charge in [0.25, 0.3) is 0 Å². The summed E-state index contributed by atoms with van der Waals surface area (Å²) in [7, 11) is 0. The number of phenols is 1. The van der Waals surface area contributed by atoms with E-state index in [0.29, 0.717) is 17.0 Å². The number of rotatable bonds is 3. The van der Waals surface area contributed by atoms with Gasteiger partial charge >= 0.3 is 5.97 Å². The molecule has 0 amide bonds. The van der Waals surface area contributed by atoms with Crippen LogP contribution < -0.4 is 0 Å². The zero-order valence-corrected chi connectivity index (χ0v) is 9.21. The lowest BCUT2D eigenvalue weighted by atomic mass is 10.2. The number of phenolic OH excluding ortho intramolecular Hbond substituents is 1. The minimum atomic E-state index is -0.512. The predicted molar refractivity (Wildman–Crippen MR) is 58.5 cm³/mol. The molecular formula is C12H11NO4. The van der Waals surface area contributed by atoms with Crippen molar-refractivity contribution >= 4 is 5.97 Å². The fourth-order valence-electron chi connectivity index (χ4n) is 1.34. The number of aromatic nitrogens is 1. The standard InChI is InChI=1S/C12H11NO4/c1-8-5-10(13-17-8)7-16-12(15)9-3-2-4-11(14)6-9/h2-6,14H,7H2,1H3. The number of esters is 1. The van der Waals surface area contributed by atoms with Crippen LogP contribution in [-0.4, -0.2) is 16.2 Å². The Kier molecular flexibility index (Phi) is 3.09. The van der Waals surface area contributed by atoms with Gasteiger partial charge < -0.3 is 14.4 Å². The number of nitrogens with zero attached hydrogens (tertiary/aromatic N) is 1. The first-order valence-electron chi connectivity index (χ1n) is 5.03. The van der Waals surface area contributed by atoms with Crippen LogP contribution in [-0.2, 0) is 11.3 Å². The highest BCUT2D eigenvalue weighted by molar-refractivity contribution is 5.89. The molecule has 5 nitrogen and oxygen atoms in total. The molecular weight excluding hydrogens is 222 g/mol. The minimum Gasteiger partial charge on any atom is -0.508 e. The van der Waals surface area contributed by atoms with Crippen molar-refractivity contribution < 1.29 is 19.2 Å². The first-order chi connectivity index (χ1) is 8.15. The summed E-state index contributed by atoms with van der Waals surface area (Å²) in [5.74, 6) is 0.173. The molecule has 0 atom stereocenters. The Morgan fingerprint density at radius 3 is 2.94 bits per heavy atom. The van der Waals surface area contributed by atoms with Crippen LogP contribution in [0.3, 0.4) is 0 Å². The fourth-order valence-corrected chi connectivity index (χ4v) is 1.34. The largest absolute Gasteiger partial charge is 0.508 e. The molecule has 1 aromatic carbocycles. The topological polar surface area (TPSA) is 72.6 Å². The monoisotopic (exact) mass is 233 g/mol. The molecule has 2 rings (SSSR count). The molecule has 88 valence electrons. The molecule has 0 radical (unpaired) electrons. The number of aryl methyl sites for hydroxylation is 1. The first kappa shape index (κ1) is 11.2. The quantitative estimate of drug-likeness (QED) is 0.821. The molecule has 5 heteroatoms. The van der Waals surface area contributed by atoms with E-state index < -0.39 is 5.97 Å². The van der Waals surface area contributed by atoms with Gasteiger partial charge in [-0.15, -0.1) is 0 Å². The summed E-state index contributed by atoms with van der Waals surface area (Å²) in [6.07, 6.45) is 0. The van der Waals surface area contributed by atoms with E-state index in [1.54, 1.807) is 25.1 Å². The maximum Gasteiger partial charge on any atom is 0.338 e. The van der Waals surface area contributed by atoms with Crippen molar-refractivity contribution in [1.82, 2.24) is 5.16 Å². The summed E-state index contributed by atoms with van der Waals surface area (Å²) < 4.78 is 9.85. The molecule has 0 fully saturated rings. The third-order valence-electron chi connectivity index (χ3n) is 2.11. The van der Waals surface area contributed by atoms with E-state index in [4.69, 9.17) is 9.26 Å². The molecule has 1 N–H and O–H groups in total. The molecule has 0 spiro atoms. The zero-order chi connectivity index (χ0) is 12.3. The molecule has 1 aromatic heterocycles. The van der Waals surface area contributed by atoms with Gasteiger partial charge in [0.05, 0.1) is 5.56 Å². The van der Waals surface area contributed by atoms with E-state index in [9.17, 15) is 9.90 Å². The SMILES string of the molecule is Cc1cc(COC(=O)c2cccc(O)c2)no1. The van der Waals surface area contributed by atoms with Crippen molar-refractivity contribution in [2.75, 3.05) is 0 Å². The van der Waals surface area contributed by atoms with Crippen LogP contribution in [0.15, 0.2) is 34.9 Å². The van der Waals surface area contributed by atoms with E-state index in [-0.39, 0.29) is 12.4 Å². The van der Waals surface area contributed by atoms with Crippen molar-refractivity contribution in [3.8, 4) is 5.75 Å². The van der Waals surface area contributed by atoms with Crippen LogP contribution in [0.1, 0.15) is 21.8 Å². The molecule has 0 bridgehead atoms. The molecule has 2 aromatic rings. The van der Waals surface area contributed by atoms with Crippen LogP contribution in [0.2, 0.25) is 0 Å². The molecule has 0 unspecified atom stereocenters. The number of hydrogen-bond acceptors (Lipinski definition) is 5. The molecule has 17 heavy (non-hydrogen) atoms. The van der Waals surface area contributed by atoms with Gasteiger partial charge in [-0.1, -0.05) is 11.2 Å². The third-order valence-corrected chi connectivity index (χ3v) is 2.11. The van der Waals surface area contributed by atoms with Crippen molar-refractivity contribution in [2.24, 2.45) is 0 Å². The maximum absolute atomic E-state index is 11.6. The highest BCUT2D eigenvalue weighted by Crippen LogP contribution is 2.12. The Hall–Kier alpha value is -2.30. The Morgan fingerprint density at radius 1 is 1.47 bits per heavy atom. The second-order valence-electron chi connectivity index (χ2n) is 3.56. The Balaban J connectivity index is 1.98. The first-order valence-corrected chi connectivity index (χ1v) is 5.03. The molecule has 0 aliphatic heterocycles. The number of benzene rings is 1. The lowest BCUT2D eigenvalue weighted by molar-refractivity contribution is 0.0464. The number of ether oxygens (including phenoxy) is 1. The van der Waals surface area contributed by atoms with Crippen molar-refractivity contribution in [3.05, 3.63) is 47.3 Å². The van der Waals surface area contributed by atoms with Crippen LogP contribution in [0.4, 0.5) is 0 Å². The fraction of sp³-hybridized carbons (Fsp3) is 0.167. The smallest absolute Gasteiger partial charge is 0.338 e. The van der Waals surface area contributed by atoms with Gasteiger partial charge in [-0.3, -0.25) is 0 Å². The highest BCUT2D eigenvalue weighted by Gasteiger charge is 2.09. The van der Waals surface area contributed by atoms with E-state index in [0.717, 1.165) is 0 Å². The Morgan fingerprint density at radius 2 is 2.29 bits per heavy atom. The Bertz CT molecular complexity index is 533. The average Bonchev–Trinajstić information content (AvgIpc) is 2.72. The lowest BCUT2D eigenvalue weighted by Crippen LogP contribution is -2.05. The predicted octanol–water partition coefficient (Wildman–Crippen LogP) is 2.05. The minimum absolute atomic E-state index is 0.0248. The Labute approximate surface area is 97.6 Å². The molecule has 0 aliphatic rings. The number of aromatic hydroxyl groups is 1. The van der Waals surface area contributed by atoms with Crippen LogP contribution in [0, 0.1) is 6.92 Å². The third kappa shape index (κ3) is 2.84. The van der Waals surface area contributed by atoms with Gasteiger partial charge in [0.15, 0.2) is 0 Å². The van der Waals surface area contributed by atoms with Gasteiger partial charge in [-0.2, -0.15) is 0 Å². The maximum atomic E-state index is 11.6. The summed E-state index contributed by atoms with van der Waals surface area (Å²) >= 11 is 0. The summed E-state index contributed by atoms with van der Waals surface area (Å²) in [5, 5.41) is 12.9. The van der Waals surface area contributed by atoms with Crippen LogP contribution in [0.5, 0.6) is 5.75 Å². The van der Waals surface area contributed by atoms with Gasteiger partial charge in [0, 0.05) is 6.07 Å². The summed E-state index contributed by atoms with van der Waals surface area (Å²) in [6.45, 7) is 1.80. The van der Waals surface area contributed by atoms with E-state index >= 15 is 0 Å². The van der Waals surface area contributed by atoms with E-state index in [1.165, 1.54) is 12.1 Å². The van der Waals surface area contributed by atoms with Crippen LogP contribution in [0.25, 0.3) is 0 Å². The number of carbonyl (C=O) groups is 1. The normalized spacial score (nSPS) is 10.2. The van der Waals surface area contributed by atoms with Gasteiger partial charge in [-0.05, 0) is 25.1 Å².